The molecule has 1 aliphatic heterocycles. The molecule has 5 rings (SSSR count). The summed E-state index contributed by atoms with van der Waals surface area (Å²) in [6.45, 7) is 7.86. The minimum atomic E-state index is -0.630. The number of rotatable bonds is 9. The van der Waals surface area contributed by atoms with Crippen molar-refractivity contribution in [3.05, 3.63) is 116 Å². The van der Waals surface area contributed by atoms with Crippen molar-refractivity contribution in [2.45, 2.75) is 56.4 Å². The summed E-state index contributed by atoms with van der Waals surface area (Å²) in [5.41, 5.74) is 1.75. The van der Waals surface area contributed by atoms with Crippen molar-refractivity contribution in [2.24, 2.45) is 0 Å². The second kappa shape index (κ2) is 16.7. The third-order valence-corrected chi connectivity index (χ3v) is 10.7. The molecule has 0 fully saturated rings. The molecule has 10 nitrogen and oxygen atoms in total. The summed E-state index contributed by atoms with van der Waals surface area (Å²) in [6, 6.07) is 22.6. The van der Waals surface area contributed by atoms with Crippen molar-refractivity contribution >= 4 is 86.9 Å². The number of nitrogens with zero attached hydrogens (tertiary/aromatic N) is 2. The van der Waals surface area contributed by atoms with Gasteiger partial charge in [-0.1, -0.05) is 59.6 Å². The second-order valence-corrected chi connectivity index (χ2v) is 16.0. The summed E-state index contributed by atoms with van der Waals surface area (Å²) in [6.07, 6.45) is 1.50. The molecule has 1 aromatic heterocycles. The molecule has 268 valence electrons. The molecule has 1 atom stereocenters. The van der Waals surface area contributed by atoms with E-state index in [0.29, 0.717) is 56.8 Å². The molecule has 4 aromatic rings. The van der Waals surface area contributed by atoms with Gasteiger partial charge in [0.1, 0.15) is 22.4 Å². The number of ether oxygens (including phenoxy) is 1. The van der Waals surface area contributed by atoms with Crippen LogP contribution in [0.15, 0.2) is 83.4 Å². The molecule has 52 heavy (non-hydrogen) atoms. The van der Waals surface area contributed by atoms with Gasteiger partial charge in [0, 0.05) is 27.6 Å². The lowest BCUT2D eigenvalue weighted by molar-refractivity contribution is -0.115. The Morgan fingerprint density at radius 3 is 2.46 bits per heavy atom. The largest absolute Gasteiger partial charge is 0.444 e. The van der Waals surface area contributed by atoms with E-state index in [1.54, 1.807) is 105 Å². The maximum absolute atomic E-state index is 13.6. The monoisotopic (exact) mass is 775 g/mol. The molecule has 2 heterocycles. The van der Waals surface area contributed by atoms with E-state index >= 15 is 0 Å². The minimum absolute atomic E-state index is 0.0648. The maximum atomic E-state index is 13.6. The molecule has 14 heteroatoms. The van der Waals surface area contributed by atoms with Crippen LogP contribution in [0.25, 0.3) is 6.08 Å². The quantitative estimate of drug-likeness (QED) is 0.114. The van der Waals surface area contributed by atoms with Crippen molar-refractivity contribution < 1.29 is 23.9 Å². The standard InChI is InChI=1S/C38H35Cl2N5O5S2/c1-22(33(46)44-36-28(20-41)27-16-17-45(21-31(27)52-36)37(49)50-38(2,3)4)51-26-14-9-13-25(19-26)42-35(48)30(18-24-12-8-15-29(39)32(24)40)43-34(47)23-10-6-5-7-11-23/h5-15,18-19,22H,16-17,21H2,1-4H3,(H,42,48)(H,43,47)(H,44,46)/b30-18+. The number of nitriles is 1. The Balaban J connectivity index is 1.27. The van der Waals surface area contributed by atoms with Crippen molar-refractivity contribution in [3.8, 4) is 6.07 Å². The third kappa shape index (κ3) is 9.74. The van der Waals surface area contributed by atoms with E-state index in [2.05, 4.69) is 22.0 Å². The number of carbonyl (C=O) groups is 4. The first-order valence-corrected chi connectivity index (χ1v) is 18.6. The topological polar surface area (TPSA) is 141 Å². The maximum Gasteiger partial charge on any atom is 0.410 e. The zero-order chi connectivity index (χ0) is 37.6. The van der Waals surface area contributed by atoms with Gasteiger partial charge in [-0.2, -0.15) is 5.26 Å². The molecule has 0 aliphatic carbocycles. The van der Waals surface area contributed by atoms with Crippen molar-refractivity contribution in [1.29, 1.82) is 5.26 Å². The number of fused-ring (bicyclic) bond motifs is 1. The average Bonchev–Trinajstić information content (AvgIpc) is 3.45. The minimum Gasteiger partial charge on any atom is -0.444 e. The Morgan fingerprint density at radius 2 is 1.75 bits per heavy atom. The van der Waals surface area contributed by atoms with Gasteiger partial charge < -0.3 is 25.6 Å². The molecule has 0 spiro atoms. The summed E-state index contributed by atoms with van der Waals surface area (Å²) in [4.78, 5) is 55.8. The summed E-state index contributed by atoms with van der Waals surface area (Å²) in [7, 11) is 0. The van der Waals surface area contributed by atoms with Gasteiger partial charge in [-0.15, -0.1) is 23.1 Å². The summed E-state index contributed by atoms with van der Waals surface area (Å²) in [5.74, 6) is -1.41. The van der Waals surface area contributed by atoms with E-state index in [1.165, 1.54) is 29.2 Å². The number of hydrogen-bond donors (Lipinski definition) is 3. The van der Waals surface area contributed by atoms with Gasteiger partial charge >= 0.3 is 6.09 Å². The van der Waals surface area contributed by atoms with Gasteiger partial charge in [-0.25, -0.2) is 4.79 Å². The van der Waals surface area contributed by atoms with Crippen LogP contribution in [0.5, 0.6) is 0 Å². The molecule has 1 unspecified atom stereocenters. The number of benzene rings is 3. The SMILES string of the molecule is CC(Sc1cccc(NC(=O)/C(=C\c2cccc(Cl)c2Cl)NC(=O)c2ccccc2)c1)C(=O)Nc1sc2c(c1C#N)CCN(C(=O)OC(C)(C)C)C2. The van der Waals surface area contributed by atoms with E-state index in [4.69, 9.17) is 27.9 Å². The molecule has 0 bridgehead atoms. The number of nitrogens with one attached hydrogen (secondary N) is 3. The normalized spacial score (nSPS) is 13.3. The molecular weight excluding hydrogens is 741 g/mol. The predicted molar refractivity (Wildman–Crippen MR) is 207 cm³/mol. The third-order valence-electron chi connectivity index (χ3n) is 7.64. The van der Waals surface area contributed by atoms with E-state index in [-0.39, 0.29) is 16.6 Å². The number of hydrogen-bond acceptors (Lipinski definition) is 8. The summed E-state index contributed by atoms with van der Waals surface area (Å²) in [5, 5.41) is 18.7. The van der Waals surface area contributed by atoms with Crippen molar-refractivity contribution in [1.82, 2.24) is 10.2 Å². The van der Waals surface area contributed by atoms with E-state index in [0.717, 1.165) is 10.4 Å². The number of amides is 4. The summed E-state index contributed by atoms with van der Waals surface area (Å²) >= 11 is 15.1. The zero-order valence-electron chi connectivity index (χ0n) is 28.7. The van der Waals surface area contributed by atoms with Gasteiger partial charge in [-0.05, 0) is 87.7 Å². The lowest BCUT2D eigenvalue weighted by atomic mass is 10.0. The molecule has 4 amide bonds. The van der Waals surface area contributed by atoms with E-state index in [1.807, 2.05) is 0 Å². The van der Waals surface area contributed by atoms with Crippen LogP contribution in [0.1, 0.15) is 59.6 Å². The summed E-state index contributed by atoms with van der Waals surface area (Å²) < 4.78 is 5.52. The smallest absolute Gasteiger partial charge is 0.410 e. The Bertz CT molecular complexity index is 2090. The first-order valence-electron chi connectivity index (χ1n) is 16.2. The Morgan fingerprint density at radius 1 is 1.02 bits per heavy atom. The number of thioether (sulfide) groups is 1. The molecule has 3 aromatic carbocycles. The van der Waals surface area contributed by atoms with Gasteiger partial charge in [0.05, 0.1) is 27.4 Å². The second-order valence-electron chi connectivity index (χ2n) is 12.7. The lowest BCUT2D eigenvalue weighted by Gasteiger charge is -2.29. The number of halogens is 2. The van der Waals surface area contributed by atoms with Crippen LogP contribution in [-0.2, 0) is 27.3 Å². The average molecular weight is 777 g/mol. The first kappa shape index (κ1) is 38.4. The number of thiophene rings is 1. The zero-order valence-corrected chi connectivity index (χ0v) is 31.9. The highest BCUT2D eigenvalue weighted by Crippen LogP contribution is 2.38. The number of carbonyl (C=O) groups excluding carboxylic acids is 4. The van der Waals surface area contributed by atoms with Gasteiger partial charge in [0.25, 0.3) is 11.8 Å². The number of anilines is 2. The van der Waals surface area contributed by atoms with Crippen LogP contribution in [0.4, 0.5) is 15.5 Å². The Kier molecular flexibility index (Phi) is 12.3. The molecule has 1 aliphatic rings. The van der Waals surface area contributed by atoms with Gasteiger partial charge in [-0.3, -0.25) is 14.4 Å². The highest BCUT2D eigenvalue weighted by atomic mass is 35.5. The van der Waals surface area contributed by atoms with Crippen LogP contribution < -0.4 is 16.0 Å². The van der Waals surface area contributed by atoms with Crippen LogP contribution in [-0.4, -0.2) is 46.1 Å². The van der Waals surface area contributed by atoms with E-state index < -0.39 is 28.8 Å². The molecule has 3 N–H and O–H groups in total. The first-order chi connectivity index (χ1) is 24.7. The van der Waals surface area contributed by atoms with Crippen LogP contribution in [0.3, 0.4) is 0 Å². The molecule has 0 saturated carbocycles. The molecule has 0 radical (unpaired) electrons. The van der Waals surface area contributed by atoms with Crippen molar-refractivity contribution in [2.75, 3.05) is 17.2 Å². The van der Waals surface area contributed by atoms with Gasteiger partial charge in [0.15, 0.2) is 0 Å². The lowest BCUT2D eigenvalue weighted by Crippen LogP contribution is -2.39. The van der Waals surface area contributed by atoms with Crippen LogP contribution >= 0.6 is 46.3 Å². The fraction of sp³-hybridized carbons (Fsp3) is 0.237. The van der Waals surface area contributed by atoms with Crippen LogP contribution in [0, 0.1) is 11.3 Å². The fourth-order valence-corrected chi connectivity index (χ4v) is 7.64. The highest BCUT2D eigenvalue weighted by molar-refractivity contribution is 8.00. The fourth-order valence-electron chi connectivity index (χ4n) is 5.14. The predicted octanol–water partition coefficient (Wildman–Crippen LogP) is 8.75. The molecule has 0 saturated heterocycles. The Labute approximate surface area is 320 Å². The Hall–Kier alpha value is -4.80. The molecular formula is C38H35Cl2N5O5S2. The van der Waals surface area contributed by atoms with Crippen LogP contribution in [0.2, 0.25) is 10.0 Å². The van der Waals surface area contributed by atoms with Crippen molar-refractivity contribution in [3.63, 3.8) is 0 Å². The van der Waals surface area contributed by atoms with E-state index in [9.17, 15) is 24.4 Å². The highest BCUT2D eigenvalue weighted by Gasteiger charge is 2.30. The van der Waals surface area contributed by atoms with Gasteiger partial charge in [0.2, 0.25) is 5.91 Å².